The zero-order chi connectivity index (χ0) is 10.7. The van der Waals surface area contributed by atoms with Gasteiger partial charge in [-0.3, -0.25) is 0 Å². The molecule has 2 N–H and O–H groups in total. The number of phenolic OH excluding ortho intramolecular Hbond substituents is 1. The van der Waals surface area contributed by atoms with Crippen molar-refractivity contribution in [3.63, 3.8) is 0 Å². The summed E-state index contributed by atoms with van der Waals surface area (Å²) in [6, 6.07) is 9.16. The molecule has 0 spiro atoms. The van der Waals surface area contributed by atoms with Gasteiger partial charge in [-0.1, -0.05) is 0 Å². The number of rotatable bonds is 3. The fourth-order valence-electron chi connectivity index (χ4n) is 1.22. The van der Waals surface area contributed by atoms with E-state index in [0.717, 1.165) is 16.0 Å². The number of hydrogen-bond donors (Lipinski definition) is 2. The Morgan fingerprint density at radius 1 is 1.27 bits per heavy atom. The number of phenols is 1. The smallest absolute Gasteiger partial charge is 0.115 e. The van der Waals surface area contributed by atoms with Crippen LogP contribution in [0.5, 0.6) is 5.75 Å². The predicted octanol–water partition coefficient (Wildman–Crippen LogP) is 3.83. The number of aromatic hydroxyl groups is 1. The van der Waals surface area contributed by atoms with E-state index in [9.17, 15) is 0 Å². The van der Waals surface area contributed by atoms with Crippen molar-refractivity contribution in [2.45, 2.75) is 6.54 Å². The SMILES string of the molecule is Oc1ccc(NCc2csc(Br)c2)cc1. The molecule has 0 saturated carbocycles. The molecule has 4 heteroatoms. The van der Waals surface area contributed by atoms with Crippen molar-refractivity contribution in [2.24, 2.45) is 0 Å². The van der Waals surface area contributed by atoms with Crippen molar-refractivity contribution in [1.29, 1.82) is 0 Å². The molecule has 0 fully saturated rings. The van der Waals surface area contributed by atoms with Gasteiger partial charge in [0.05, 0.1) is 3.79 Å². The monoisotopic (exact) mass is 283 g/mol. The van der Waals surface area contributed by atoms with Crippen LogP contribution >= 0.6 is 27.3 Å². The summed E-state index contributed by atoms with van der Waals surface area (Å²) >= 11 is 5.10. The molecule has 0 atom stereocenters. The molecule has 0 aliphatic rings. The highest BCUT2D eigenvalue weighted by Crippen LogP contribution is 2.21. The van der Waals surface area contributed by atoms with Crippen molar-refractivity contribution >= 4 is 33.0 Å². The van der Waals surface area contributed by atoms with Gasteiger partial charge < -0.3 is 10.4 Å². The molecule has 0 aliphatic carbocycles. The van der Waals surface area contributed by atoms with Crippen LogP contribution in [0, 0.1) is 0 Å². The summed E-state index contributed by atoms with van der Waals surface area (Å²) in [6.07, 6.45) is 0. The molecule has 0 aliphatic heterocycles. The minimum atomic E-state index is 0.291. The van der Waals surface area contributed by atoms with Crippen molar-refractivity contribution in [3.8, 4) is 5.75 Å². The van der Waals surface area contributed by atoms with E-state index in [-0.39, 0.29) is 0 Å². The lowest BCUT2D eigenvalue weighted by molar-refractivity contribution is 0.475. The normalized spacial score (nSPS) is 10.2. The van der Waals surface area contributed by atoms with Gasteiger partial charge in [-0.25, -0.2) is 0 Å². The van der Waals surface area contributed by atoms with Gasteiger partial charge >= 0.3 is 0 Å². The molecule has 2 nitrogen and oxygen atoms in total. The van der Waals surface area contributed by atoms with E-state index < -0.39 is 0 Å². The van der Waals surface area contributed by atoms with Gasteiger partial charge in [-0.15, -0.1) is 11.3 Å². The fourth-order valence-corrected chi connectivity index (χ4v) is 2.43. The molecule has 0 unspecified atom stereocenters. The van der Waals surface area contributed by atoms with Crippen LogP contribution in [0.1, 0.15) is 5.56 Å². The maximum absolute atomic E-state index is 9.11. The second-order valence-corrected chi connectivity index (χ2v) is 5.45. The minimum absolute atomic E-state index is 0.291. The van der Waals surface area contributed by atoms with Crippen molar-refractivity contribution in [2.75, 3.05) is 5.32 Å². The Kier molecular flexibility index (Phi) is 3.28. The van der Waals surface area contributed by atoms with Crippen LogP contribution in [0.3, 0.4) is 0 Å². The summed E-state index contributed by atoms with van der Waals surface area (Å²) in [7, 11) is 0. The van der Waals surface area contributed by atoms with Crippen LogP contribution in [-0.4, -0.2) is 5.11 Å². The average Bonchev–Trinajstić information content (AvgIpc) is 2.64. The lowest BCUT2D eigenvalue weighted by Crippen LogP contribution is -1.97. The highest BCUT2D eigenvalue weighted by molar-refractivity contribution is 9.11. The second-order valence-electron chi connectivity index (χ2n) is 3.16. The van der Waals surface area contributed by atoms with Crippen LogP contribution in [0.2, 0.25) is 0 Å². The van der Waals surface area contributed by atoms with Gasteiger partial charge in [-0.05, 0) is 57.2 Å². The quantitative estimate of drug-likeness (QED) is 0.840. The molecule has 0 amide bonds. The Bertz CT molecular complexity index is 438. The Morgan fingerprint density at radius 2 is 2.00 bits per heavy atom. The Labute approximate surface area is 101 Å². The first-order valence-electron chi connectivity index (χ1n) is 4.50. The average molecular weight is 284 g/mol. The largest absolute Gasteiger partial charge is 0.508 e. The summed E-state index contributed by atoms with van der Waals surface area (Å²) in [4.78, 5) is 0. The topological polar surface area (TPSA) is 32.3 Å². The third kappa shape index (κ3) is 2.97. The number of benzene rings is 1. The predicted molar refractivity (Wildman–Crippen MR) is 67.5 cm³/mol. The molecule has 2 rings (SSSR count). The van der Waals surface area contributed by atoms with E-state index >= 15 is 0 Å². The summed E-state index contributed by atoms with van der Waals surface area (Å²) in [5, 5.41) is 14.5. The van der Waals surface area contributed by atoms with Gasteiger partial charge in [0.1, 0.15) is 5.75 Å². The molecule has 1 aromatic heterocycles. The van der Waals surface area contributed by atoms with Gasteiger partial charge in [0.25, 0.3) is 0 Å². The third-order valence-electron chi connectivity index (χ3n) is 1.99. The summed E-state index contributed by atoms with van der Waals surface area (Å²) in [6.45, 7) is 0.798. The molecule has 78 valence electrons. The number of thiophene rings is 1. The highest BCUT2D eigenvalue weighted by Gasteiger charge is 1.97. The molecule has 1 heterocycles. The maximum Gasteiger partial charge on any atom is 0.115 e. The van der Waals surface area contributed by atoms with E-state index in [4.69, 9.17) is 5.11 Å². The van der Waals surface area contributed by atoms with E-state index in [1.54, 1.807) is 23.5 Å². The van der Waals surface area contributed by atoms with Crippen LogP contribution in [-0.2, 0) is 6.54 Å². The van der Waals surface area contributed by atoms with Crippen LogP contribution in [0.4, 0.5) is 5.69 Å². The molecule has 2 aromatic rings. The fraction of sp³-hybridized carbons (Fsp3) is 0.0909. The molecule has 0 radical (unpaired) electrons. The number of halogens is 1. The standard InChI is InChI=1S/C11H10BrNOS/c12-11-5-8(7-15-11)6-13-9-1-3-10(14)4-2-9/h1-5,7,13-14H,6H2. The molecule has 0 saturated heterocycles. The van der Waals surface area contributed by atoms with Gasteiger partial charge in [-0.2, -0.15) is 0 Å². The van der Waals surface area contributed by atoms with E-state index in [0.29, 0.717) is 5.75 Å². The second kappa shape index (κ2) is 4.68. The summed E-state index contributed by atoms with van der Waals surface area (Å²) in [5.41, 5.74) is 2.26. The summed E-state index contributed by atoms with van der Waals surface area (Å²) in [5.74, 6) is 0.291. The van der Waals surface area contributed by atoms with E-state index in [1.807, 2.05) is 12.1 Å². The molecule has 15 heavy (non-hydrogen) atoms. The Morgan fingerprint density at radius 3 is 2.60 bits per heavy atom. The van der Waals surface area contributed by atoms with Gasteiger partial charge in [0.2, 0.25) is 0 Å². The highest BCUT2D eigenvalue weighted by atomic mass is 79.9. The third-order valence-corrected chi connectivity index (χ3v) is 3.54. The van der Waals surface area contributed by atoms with Gasteiger partial charge in [0.15, 0.2) is 0 Å². The van der Waals surface area contributed by atoms with Crippen LogP contribution in [0.15, 0.2) is 39.5 Å². The maximum atomic E-state index is 9.11. The Balaban J connectivity index is 1.96. The molecule has 0 bridgehead atoms. The van der Waals surface area contributed by atoms with E-state index in [1.165, 1.54) is 5.56 Å². The number of nitrogens with one attached hydrogen (secondary N) is 1. The Hall–Kier alpha value is -1.00. The zero-order valence-electron chi connectivity index (χ0n) is 7.90. The van der Waals surface area contributed by atoms with E-state index in [2.05, 4.69) is 32.7 Å². The molecular weight excluding hydrogens is 274 g/mol. The lowest BCUT2D eigenvalue weighted by Gasteiger charge is -2.04. The minimum Gasteiger partial charge on any atom is -0.508 e. The number of hydrogen-bond acceptors (Lipinski definition) is 3. The van der Waals surface area contributed by atoms with Crippen molar-refractivity contribution < 1.29 is 5.11 Å². The first-order chi connectivity index (χ1) is 7.24. The summed E-state index contributed by atoms with van der Waals surface area (Å²) < 4.78 is 1.14. The van der Waals surface area contributed by atoms with Gasteiger partial charge in [0, 0.05) is 12.2 Å². The van der Waals surface area contributed by atoms with Crippen molar-refractivity contribution in [1.82, 2.24) is 0 Å². The molecular formula is C11H10BrNOS. The molecule has 1 aromatic carbocycles. The number of anilines is 1. The lowest BCUT2D eigenvalue weighted by atomic mass is 10.3. The van der Waals surface area contributed by atoms with Crippen molar-refractivity contribution in [3.05, 3.63) is 45.1 Å². The van der Waals surface area contributed by atoms with Crippen LogP contribution < -0.4 is 5.32 Å². The zero-order valence-corrected chi connectivity index (χ0v) is 10.3. The van der Waals surface area contributed by atoms with Crippen LogP contribution in [0.25, 0.3) is 0 Å². The first-order valence-corrected chi connectivity index (χ1v) is 6.17. The first kappa shape index (κ1) is 10.5.